The van der Waals surface area contributed by atoms with Gasteiger partial charge in [-0.1, -0.05) is 31.5 Å². The molecule has 25 heavy (non-hydrogen) atoms. The number of hydrogen-bond donors (Lipinski definition) is 2. The van der Waals surface area contributed by atoms with Crippen molar-refractivity contribution < 1.29 is 14.3 Å². The number of urea groups is 1. The fraction of sp³-hybridized carbons (Fsp3) is 0.333. The Balaban J connectivity index is 2.21. The van der Waals surface area contributed by atoms with Crippen LogP contribution in [0.3, 0.4) is 0 Å². The second kappa shape index (κ2) is 8.77. The lowest BCUT2D eigenvalue weighted by atomic mass is 10.1. The van der Waals surface area contributed by atoms with Gasteiger partial charge in [-0.3, -0.25) is 4.98 Å². The number of hydrazone groups is 1. The Morgan fingerprint density at radius 2 is 2.08 bits per heavy atom. The third kappa shape index (κ3) is 5.27. The number of nitrogens with zero attached hydrogens (tertiary/aromatic N) is 2. The van der Waals surface area contributed by atoms with Crippen LogP contribution in [-0.4, -0.2) is 29.3 Å². The van der Waals surface area contributed by atoms with Crippen molar-refractivity contribution >= 4 is 28.6 Å². The third-order valence-corrected chi connectivity index (χ3v) is 3.54. The van der Waals surface area contributed by atoms with Gasteiger partial charge in [0.2, 0.25) is 0 Å². The number of esters is 1. The number of nitrogens with two attached hydrogens (primary N) is 1. The van der Waals surface area contributed by atoms with Crippen LogP contribution in [-0.2, 0) is 11.2 Å². The molecule has 0 saturated carbocycles. The topological polar surface area (TPSA) is 107 Å². The van der Waals surface area contributed by atoms with E-state index in [1.54, 1.807) is 13.0 Å². The van der Waals surface area contributed by atoms with Gasteiger partial charge in [-0.05, 0) is 31.9 Å². The molecule has 7 heteroatoms. The first kappa shape index (κ1) is 18.4. The first-order valence-electron chi connectivity index (χ1n) is 8.15. The number of primary amides is 1. The summed E-state index contributed by atoms with van der Waals surface area (Å²) in [5.74, 6) is -0.454. The molecule has 3 N–H and O–H groups in total. The molecule has 0 atom stereocenters. The Morgan fingerprint density at radius 3 is 2.80 bits per heavy atom. The van der Waals surface area contributed by atoms with E-state index in [1.165, 1.54) is 0 Å². The van der Waals surface area contributed by atoms with Gasteiger partial charge in [0.05, 0.1) is 16.8 Å². The molecule has 0 unspecified atom stereocenters. The molecule has 0 spiro atoms. The van der Waals surface area contributed by atoms with E-state index in [1.807, 2.05) is 24.3 Å². The van der Waals surface area contributed by atoms with Crippen LogP contribution >= 0.6 is 0 Å². The van der Waals surface area contributed by atoms with E-state index in [9.17, 15) is 9.59 Å². The van der Waals surface area contributed by atoms with Gasteiger partial charge < -0.3 is 10.5 Å². The van der Waals surface area contributed by atoms with Gasteiger partial charge in [-0.2, -0.15) is 5.10 Å². The van der Waals surface area contributed by atoms with Crippen molar-refractivity contribution in [3.63, 3.8) is 0 Å². The van der Waals surface area contributed by atoms with Crippen molar-refractivity contribution in [1.82, 2.24) is 10.4 Å². The number of nitrogens with one attached hydrogen (secondary N) is 1. The maximum Gasteiger partial charge on any atom is 0.339 e. The quantitative estimate of drug-likeness (QED) is 0.458. The fourth-order valence-electron chi connectivity index (χ4n) is 2.32. The van der Waals surface area contributed by atoms with Gasteiger partial charge in [-0.25, -0.2) is 15.0 Å². The summed E-state index contributed by atoms with van der Waals surface area (Å²) >= 11 is 0. The summed E-state index contributed by atoms with van der Waals surface area (Å²) < 4.78 is 5.30. The molecule has 0 aliphatic carbocycles. The molecule has 1 aromatic carbocycles. The highest BCUT2D eigenvalue weighted by molar-refractivity contribution is 6.04. The Morgan fingerprint density at radius 1 is 1.32 bits per heavy atom. The third-order valence-electron chi connectivity index (χ3n) is 3.54. The summed E-state index contributed by atoms with van der Waals surface area (Å²) in [5.41, 5.74) is 9.57. The largest absolute Gasteiger partial charge is 0.456 e. The molecule has 0 aliphatic rings. The summed E-state index contributed by atoms with van der Waals surface area (Å²) in [7, 11) is 0. The number of aryl methyl sites for hydroxylation is 1. The molecule has 2 aromatic rings. The second-order valence-corrected chi connectivity index (χ2v) is 5.68. The maximum absolute atomic E-state index is 12.5. The highest BCUT2D eigenvalue weighted by Crippen LogP contribution is 2.20. The predicted molar refractivity (Wildman–Crippen MR) is 96.5 cm³/mol. The van der Waals surface area contributed by atoms with Gasteiger partial charge in [0, 0.05) is 11.1 Å². The predicted octanol–water partition coefficient (Wildman–Crippen LogP) is 2.78. The highest BCUT2D eigenvalue weighted by atomic mass is 16.5. The average molecular weight is 342 g/mol. The Kier molecular flexibility index (Phi) is 6.45. The number of hydrogen-bond acceptors (Lipinski definition) is 5. The first-order valence-corrected chi connectivity index (χ1v) is 8.15. The van der Waals surface area contributed by atoms with Crippen LogP contribution in [0.25, 0.3) is 10.9 Å². The fourth-order valence-corrected chi connectivity index (χ4v) is 2.32. The lowest BCUT2D eigenvalue weighted by molar-refractivity contribution is 0.0565. The Bertz CT molecular complexity index is 802. The van der Waals surface area contributed by atoms with Gasteiger partial charge in [0.15, 0.2) is 0 Å². The zero-order valence-corrected chi connectivity index (χ0v) is 14.4. The van der Waals surface area contributed by atoms with E-state index in [-0.39, 0.29) is 6.61 Å². The number of rotatable bonds is 7. The van der Waals surface area contributed by atoms with Gasteiger partial charge in [-0.15, -0.1) is 0 Å². The molecular formula is C18H22N4O3. The Labute approximate surface area is 146 Å². The van der Waals surface area contributed by atoms with Crippen molar-refractivity contribution in [2.75, 3.05) is 6.61 Å². The number of amides is 2. The number of fused-ring (bicyclic) bond motifs is 1. The molecule has 7 nitrogen and oxygen atoms in total. The van der Waals surface area contributed by atoms with Crippen molar-refractivity contribution in [2.24, 2.45) is 10.8 Å². The number of benzene rings is 1. The minimum atomic E-state index is -0.772. The van der Waals surface area contributed by atoms with Gasteiger partial charge in [0.1, 0.15) is 6.61 Å². The molecule has 0 radical (unpaired) electrons. The van der Waals surface area contributed by atoms with E-state index in [4.69, 9.17) is 10.5 Å². The van der Waals surface area contributed by atoms with Crippen LogP contribution in [0.4, 0.5) is 4.79 Å². The number of unbranched alkanes of at least 4 members (excludes halogenated alkanes) is 1. The smallest absolute Gasteiger partial charge is 0.339 e. The lowest BCUT2D eigenvalue weighted by Gasteiger charge is -2.10. The van der Waals surface area contributed by atoms with Crippen molar-refractivity contribution in [2.45, 2.75) is 33.1 Å². The zero-order valence-electron chi connectivity index (χ0n) is 14.4. The van der Waals surface area contributed by atoms with Gasteiger partial charge >= 0.3 is 12.0 Å². The molecular weight excluding hydrogens is 320 g/mol. The highest BCUT2D eigenvalue weighted by Gasteiger charge is 2.14. The number of ether oxygens (including phenoxy) is 1. The monoisotopic (exact) mass is 342 g/mol. The van der Waals surface area contributed by atoms with Crippen molar-refractivity contribution in [3.05, 3.63) is 41.6 Å². The van der Waals surface area contributed by atoms with Crippen molar-refractivity contribution in [1.29, 1.82) is 0 Å². The summed E-state index contributed by atoms with van der Waals surface area (Å²) in [6.07, 6.45) is 2.87. The molecule has 2 amide bonds. The van der Waals surface area contributed by atoms with E-state index in [2.05, 4.69) is 22.4 Å². The van der Waals surface area contributed by atoms with E-state index >= 15 is 0 Å². The first-order chi connectivity index (χ1) is 12.0. The number of carbonyl (C=O) groups excluding carboxylic acids is 2. The summed E-state index contributed by atoms with van der Waals surface area (Å²) in [4.78, 5) is 27.7. The molecule has 0 fully saturated rings. The molecule has 2 rings (SSSR count). The summed E-state index contributed by atoms with van der Waals surface area (Å²) in [5, 5.41) is 4.46. The number of carbonyl (C=O) groups is 2. The minimum Gasteiger partial charge on any atom is -0.456 e. The molecule has 132 valence electrons. The number of para-hydroxylation sites is 1. The normalized spacial score (nSPS) is 11.4. The summed E-state index contributed by atoms with van der Waals surface area (Å²) in [6, 6.07) is 8.49. The van der Waals surface area contributed by atoms with Crippen LogP contribution in [0.2, 0.25) is 0 Å². The molecule has 1 aromatic heterocycles. The van der Waals surface area contributed by atoms with E-state index in [0.29, 0.717) is 11.3 Å². The van der Waals surface area contributed by atoms with Crippen LogP contribution in [0, 0.1) is 0 Å². The van der Waals surface area contributed by atoms with E-state index in [0.717, 1.165) is 35.9 Å². The second-order valence-electron chi connectivity index (χ2n) is 5.68. The molecule has 0 aliphatic heterocycles. The lowest BCUT2D eigenvalue weighted by Crippen LogP contribution is -2.26. The Hall–Kier alpha value is -2.96. The van der Waals surface area contributed by atoms with E-state index < -0.39 is 12.0 Å². The van der Waals surface area contributed by atoms with Crippen LogP contribution in [0.5, 0.6) is 0 Å². The average Bonchev–Trinajstić information content (AvgIpc) is 2.61. The van der Waals surface area contributed by atoms with Crippen LogP contribution in [0.1, 0.15) is 42.7 Å². The van der Waals surface area contributed by atoms with Crippen LogP contribution in [0.15, 0.2) is 35.4 Å². The summed E-state index contributed by atoms with van der Waals surface area (Å²) in [6.45, 7) is 3.69. The maximum atomic E-state index is 12.5. The van der Waals surface area contributed by atoms with Crippen molar-refractivity contribution in [3.8, 4) is 0 Å². The van der Waals surface area contributed by atoms with Crippen LogP contribution < -0.4 is 11.2 Å². The molecule has 1 heterocycles. The standard InChI is InChI=1S/C18H22N4O3/c1-3-4-7-13-10-15(14-8-5-6-9-16(14)20-13)17(23)25-11-12(2)21-22-18(19)24/h5-6,8-10H,3-4,7,11H2,1-2H3,(H3,19,22,24). The molecule has 0 bridgehead atoms. The number of aromatic nitrogens is 1. The SMILES string of the molecule is CCCCc1cc(C(=O)OCC(C)=NNC(N)=O)c2ccccc2n1. The number of pyridine rings is 1. The zero-order chi connectivity index (χ0) is 18.2. The minimum absolute atomic E-state index is 0.0416. The van der Waals surface area contributed by atoms with Gasteiger partial charge in [0.25, 0.3) is 0 Å². The molecule has 0 saturated heterocycles.